The predicted molar refractivity (Wildman–Crippen MR) is 170 cm³/mol. The van der Waals surface area contributed by atoms with Crippen molar-refractivity contribution in [2.24, 2.45) is 5.73 Å². The van der Waals surface area contributed by atoms with Gasteiger partial charge in [-0.1, -0.05) is 47.8 Å². The van der Waals surface area contributed by atoms with Crippen LogP contribution in [0.2, 0.25) is 0 Å². The van der Waals surface area contributed by atoms with Gasteiger partial charge in [0.15, 0.2) is 5.78 Å². The van der Waals surface area contributed by atoms with Gasteiger partial charge in [0.25, 0.3) is 11.8 Å². The van der Waals surface area contributed by atoms with Gasteiger partial charge in [-0.3, -0.25) is 24.0 Å². The highest BCUT2D eigenvalue weighted by Crippen LogP contribution is 2.36. The second-order valence-electron chi connectivity index (χ2n) is 6.72. The average molecular weight is 1020 g/mol. The van der Waals surface area contributed by atoms with Gasteiger partial charge in [-0.05, 0) is 67.8 Å². The van der Waals surface area contributed by atoms with E-state index in [0.717, 1.165) is 0 Å². The van der Waals surface area contributed by atoms with Crippen molar-refractivity contribution in [1.82, 2.24) is 15.5 Å². The number of carbonyl (C=O) groups excluding carboxylic acids is 5. The maximum atomic E-state index is 13.7. The topological polar surface area (TPSA) is 151 Å². The Morgan fingerprint density at radius 1 is 0.771 bits per heavy atom. The molecule has 194 valence electrons. The summed E-state index contributed by atoms with van der Waals surface area (Å²) >= 11 is 15.2. The number of amides is 4. The van der Waals surface area contributed by atoms with Crippen molar-refractivity contribution in [3.8, 4) is 0 Å². The SMILES string of the molecule is NC(=O)c1c(I)c(NCC(=O)CBr)c(I)c(C(=O)N(CCNC(=O)CBr)CCNC(=O)CBr)c1I. The normalized spacial score (nSPS) is 10.5. The quantitative estimate of drug-likeness (QED) is 0.166. The van der Waals surface area contributed by atoms with Gasteiger partial charge in [-0.2, -0.15) is 0 Å². The molecule has 0 aromatic heterocycles. The number of primary amides is 1. The van der Waals surface area contributed by atoms with E-state index < -0.39 is 11.8 Å². The van der Waals surface area contributed by atoms with E-state index in [1.807, 2.05) is 67.8 Å². The number of nitrogens with zero attached hydrogens (tertiary/aromatic N) is 1. The van der Waals surface area contributed by atoms with Crippen molar-refractivity contribution in [2.45, 2.75) is 0 Å². The second-order valence-corrected chi connectivity index (χ2v) is 11.6. The number of Topliss-reactive ketones (excluding diaryl/α,β-unsaturated/α-hetero) is 1. The molecule has 0 fully saturated rings. The molecule has 0 atom stereocenters. The monoisotopic (exact) mass is 1020 g/mol. The van der Waals surface area contributed by atoms with Gasteiger partial charge in [0.05, 0.1) is 46.5 Å². The van der Waals surface area contributed by atoms with Gasteiger partial charge in [0.1, 0.15) is 0 Å². The standard InChI is InChI=1S/C19H21Br3I3N5O5/c20-5-9(31)8-29-17-15(24)12(18(26)34)14(23)13(16(17)25)19(35)30(3-1-27-10(32)6-21)4-2-28-11(33)7-22/h29H,1-8H2,(H2,26,34)(H,27,32)(H,28,33). The highest BCUT2D eigenvalue weighted by atomic mass is 127. The van der Waals surface area contributed by atoms with E-state index in [-0.39, 0.29) is 77.4 Å². The number of anilines is 1. The lowest BCUT2D eigenvalue weighted by molar-refractivity contribution is -0.119. The number of carbonyl (C=O) groups is 5. The summed E-state index contributed by atoms with van der Waals surface area (Å²) < 4.78 is 1.40. The van der Waals surface area contributed by atoms with E-state index in [9.17, 15) is 24.0 Å². The maximum Gasteiger partial charge on any atom is 0.256 e. The van der Waals surface area contributed by atoms with E-state index in [2.05, 4.69) is 63.7 Å². The van der Waals surface area contributed by atoms with E-state index >= 15 is 0 Å². The summed E-state index contributed by atoms with van der Waals surface area (Å²) in [5.41, 5.74) is 6.51. The molecule has 1 aromatic rings. The molecule has 0 heterocycles. The Morgan fingerprint density at radius 2 is 1.26 bits per heavy atom. The van der Waals surface area contributed by atoms with Crippen LogP contribution in [0.5, 0.6) is 0 Å². The van der Waals surface area contributed by atoms with Crippen LogP contribution >= 0.6 is 116 Å². The third-order valence-electron chi connectivity index (χ3n) is 4.33. The third kappa shape index (κ3) is 10.1. The molecule has 0 spiro atoms. The number of ketones is 1. The number of hydrogen-bond acceptors (Lipinski definition) is 6. The maximum absolute atomic E-state index is 13.7. The second kappa shape index (κ2) is 16.9. The number of alkyl halides is 3. The van der Waals surface area contributed by atoms with Gasteiger partial charge in [-0.15, -0.1) is 0 Å². The Balaban J connectivity index is 3.44. The van der Waals surface area contributed by atoms with Gasteiger partial charge < -0.3 is 26.6 Å². The van der Waals surface area contributed by atoms with Crippen molar-refractivity contribution in [1.29, 1.82) is 0 Å². The van der Waals surface area contributed by atoms with E-state index in [4.69, 9.17) is 5.73 Å². The molecule has 0 unspecified atom stereocenters. The Bertz CT molecular complexity index is 978. The molecule has 10 nitrogen and oxygen atoms in total. The van der Waals surface area contributed by atoms with Crippen LogP contribution in [-0.2, 0) is 14.4 Å². The minimum atomic E-state index is -0.708. The molecule has 5 N–H and O–H groups in total. The molecule has 0 aliphatic rings. The number of rotatable bonds is 14. The van der Waals surface area contributed by atoms with Crippen molar-refractivity contribution in [3.05, 3.63) is 21.8 Å². The molecule has 0 bridgehead atoms. The summed E-state index contributed by atoms with van der Waals surface area (Å²) in [6, 6.07) is 0. The molecular formula is C19H21Br3I3N5O5. The minimum absolute atomic E-state index is 0.00938. The average Bonchev–Trinajstić information content (AvgIpc) is 2.81. The first-order valence-corrected chi connectivity index (χ1v) is 16.4. The smallest absolute Gasteiger partial charge is 0.256 e. The fourth-order valence-corrected chi connectivity index (χ4v) is 7.82. The molecule has 1 aromatic carbocycles. The zero-order valence-electron chi connectivity index (χ0n) is 18.0. The number of halogens is 6. The molecule has 16 heteroatoms. The van der Waals surface area contributed by atoms with Crippen LogP contribution in [-0.4, -0.2) is 83.0 Å². The van der Waals surface area contributed by atoms with Crippen LogP contribution in [0.4, 0.5) is 5.69 Å². The summed E-state index contributed by atoms with van der Waals surface area (Å²) in [6.07, 6.45) is 0. The van der Waals surface area contributed by atoms with E-state index in [0.29, 0.717) is 16.4 Å². The van der Waals surface area contributed by atoms with E-state index in [1.165, 1.54) is 4.90 Å². The third-order valence-corrected chi connectivity index (χ3v) is 9.21. The number of hydrogen-bond donors (Lipinski definition) is 4. The Morgan fingerprint density at radius 3 is 1.69 bits per heavy atom. The first-order chi connectivity index (χ1) is 16.5. The van der Waals surface area contributed by atoms with Crippen molar-refractivity contribution >= 4 is 151 Å². The Hall–Kier alpha value is 0.200. The predicted octanol–water partition coefficient (Wildman–Crippen LogP) is 2.44. The molecule has 0 saturated heterocycles. The zero-order chi connectivity index (χ0) is 26.7. The van der Waals surface area contributed by atoms with Crippen LogP contribution in [0.1, 0.15) is 20.7 Å². The highest BCUT2D eigenvalue weighted by molar-refractivity contribution is 14.1. The molecule has 0 saturated carbocycles. The molecular weight excluding hydrogens is 999 g/mol. The minimum Gasteiger partial charge on any atom is -0.376 e. The molecule has 0 aliphatic heterocycles. The Labute approximate surface area is 268 Å². The largest absolute Gasteiger partial charge is 0.376 e. The van der Waals surface area contributed by atoms with Gasteiger partial charge in [0, 0.05) is 29.7 Å². The van der Waals surface area contributed by atoms with Crippen LogP contribution in [0, 0.1) is 10.7 Å². The van der Waals surface area contributed by atoms with Crippen molar-refractivity contribution in [3.63, 3.8) is 0 Å². The molecule has 0 aliphatic carbocycles. The summed E-state index contributed by atoms with van der Waals surface area (Å²) in [7, 11) is 0. The summed E-state index contributed by atoms with van der Waals surface area (Å²) in [6.45, 7) is 0.694. The number of nitrogens with two attached hydrogens (primary N) is 1. The van der Waals surface area contributed by atoms with Crippen LogP contribution in [0.3, 0.4) is 0 Å². The zero-order valence-corrected chi connectivity index (χ0v) is 29.2. The first kappa shape index (κ1) is 33.2. The van der Waals surface area contributed by atoms with Crippen LogP contribution in [0.25, 0.3) is 0 Å². The Kier molecular flexibility index (Phi) is 16.1. The van der Waals surface area contributed by atoms with Crippen molar-refractivity contribution in [2.75, 3.05) is 54.0 Å². The first-order valence-electron chi connectivity index (χ1n) is 9.76. The van der Waals surface area contributed by atoms with Gasteiger partial charge in [-0.25, -0.2) is 0 Å². The fraction of sp³-hybridized carbons (Fsp3) is 0.421. The van der Waals surface area contributed by atoms with Gasteiger partial charge >= 0.3 is 0 Å². The summed E-state index contributed by atoms with van der Waals surface area (Å²) in [5.74, 6) is -1.70. The lowest BCUT2D eigenvalue weighted by Gasteiger charge is -2.26. The summed E-state index contributed by atoms with van der Waals surface area (Å²) in [5, 5.41) is 8.80. The highest BCUT2D eigenvalue weighted by Gasteiger charge is 2.29. The fourth-order valence-electron chi connectivity index (χ4n) is 2.69. The molecule has 4 amide bonds. The molecule has 0 radical (unpaired) electrons. The lowest BCUT2D eigenvalue weighted by atomic mass is 10.1. The van der Waals surface area contributed by atoms with Crippen molar-refractivity contribution < 1.29 is 24.0 Å². The van der Waals surface area contributed by atoms with E-state index in [1.54, 1.807) is 0 Å². The number of benzene rings is 1. The number of nitrogens with one attached hydrogen (secondary N) is 3. The summed E-state index contributed by atoms with van der Waals surface area (Å²) in [4.78, 5) is 62.6. The lowest BCUT2D eigenvalue weighted by Crippen LogP contribution is -2.43. The van der Waals surface area contributed by atoms with Crippen LogP contribution in [0.15, 0.2) is 0 Å². The van der Waals surface area contributed by atoms with Gasteiger partial charge in [0.2, 0.25) is 11.8 Å². The van der Waals surface area contributed by atoms with Crippen LogP contribution < -0.4 is 21.7 Å². The molecule has 1 rings (SSSR count). The molecule has 35 heavy (non-hydrogen) atoms.